The van der Waals surface area contributed by atoms with Crippen molar-refractivity contribution in [3.05, 3.63) is 12.2 Å². The van der Waals surface area contributed by atoms with Crippen LogP contribution in [0.15, 0.2) is 12.2 Å². The normalized spacial score (nSPS) is 9.27. The van der Waals surface area contributed by atoms with E-state index in [4.69, 9.17) is 0 Å². The second kappa shape index (κ2) is 7.56. The van der Waals surface area contributed by atoms with Gasteiger partial charge in [0.15, 0.2) is 0 Å². The summed E-state index contributed by atoms with van der Waals surface area (Å²) in [5.74, 6) is 5.90. The van der Waals surface area contributed by atoms with Gasteiger partial charge in [-0.15, -0.1) is 0 Å². The van der Waals surface area contributed by atoms with Gasteiger partial charge in [-0.1, -0.05) is 33.8 Å². The van der Waals surface area contributed by atoms with E-state index in [9.17, 15) is 4.79 Å². The second-order valence-electron chi connectivity index (χ2n) is 2.08. The predicted octanol–water partition coefficient (Wildman–Crippen LogP) is 2.31. The van der Waals surface area contributed by atoms with E-state index in [1.54, 1.807) is 13.0 Å². The molecule has 0 atom stereocenters. The summed E-state index contributed by atoms with van der Waals surface area (Å²) in [7, 11) is 0. The van der Waals surface area contributed by atoms with Gasteiger partial charge in [0.1, 0.15) is 5.78 Å². The Morgan fingerprint density at radius 1 is 1.64 bits per heavy atom. The van der Waals surface area contributed by atoms with Crippen LogP contribution in [0.4, 0.5) is 0 Å². The molecule has 0 saturated heterocycles. The molecule has 60 valence electrons. The average Bonchev–Trinajstić information content (AvgIpc) is 1.96. The van der Waals surface area contributed by atoms with Gasteiger partial charge in [-0.25, -0.2) is 0 Å². The van der Waals surface area contributed by atoms with E-state index in [2.05, 4.69) is 27.8 Å². The maximum absolute atomic E-state index is 10.4. The molecule has 0 rings (SSSR count). The minimum atomic E-state index is 0.198. The van der Waals surface area contributed by atoms with Crippen molar-refractivity contribution in [3.63, 3.8) is 0 Å². The van der Waals surface area contributed by atoms with Crippen LogP contribution in [0.1, 0.15) is 19.8 Å². The highest BCUT2D eigenvalue weighted by molar-refractivity contribution is 9.09. The fourth-order valence-electron chi connectivity index (χ4n) is 0.473. The highest BCUT2D eigenvalue weighted by Gasteiger charge is 1.86. The summed E-state index contributed by atoms with van der Waals surface area (Å²) in [5, 5.41) is 0.828. The van der Waals surface area contributed by atoms with E-state index in [1.807, 2.05) is 6.08 Å². The summed E-state index contributed by atoms with van der Waals surface area (Å²) in [6.07, 6.45) is 4.94. The van der Waals surface area contributed by atoms with Crippen molar-refractivity contribution in [3.8, 4) is 11.8 Å². The molecule has 0 radical (unpaired) electrons. The number of halogens is 1. The predicted molar refractivity (Wildman–Crippen MR) is 50.6 cm³/mol. The lowest BCUT2D eigenvalue weighted by Gasteiger charge is -1.82. The first-order chi connectivity index (χ1) is 5.27. The maximum Gasteiger partial charge on any atom is 0.130 e. The van der Waals surface area contributed by atoms with Gasteiger partial charge < -0.3 is 0 Å². The van der Waals surface area contributed by atoms with E-state index in [0.29, 0.717) is 12.8 Å². The number of allylic oxidation sites excluding steroid dienone is 2. The zero-order valence-electron chi connectivity index (χ0n) is 6.56. The molecule has 0 amide bonds. The van der Waals surface area contributed by atoms with E-state index < -0.39 is 0 Å². The highest BCUT2D eigenvalue weighted by Crippen LogP contribution is 1.87. The zero-order valence-corrected chi connectivity index (χ0v) is 8.15. The third kappa shape index (κ3) is 9.45. The SMILES string of the molecule is CC(=O)CCC#CC=CCBr. The molecular formula is C9H11BrO. The van der Waals surface area contributed by atoms with Crippen LogP contribution >= 0.6 is 15.9 Å². The van der Waals surface area contributed by atoms with E-state index in [0.717, 1.165) is 5.33 Å². The van der Waals surface area contributed by atoms with E-state index in [-0.39, 0.29) is 5.78 Å². The van der Waals surface area contributed by atoms with Crippen LogP contribution < -0.4 is 0 Å². The minimum Gasteiger partial charge on any atom is -0.300 e. The van der Waals surface area contributed by atoms with Crippen molar-refractivity contribution < 1.29 is 4.79 Å². The van der Waals surface area contributed by atoms with Crippen molar-refractivity contribution in [1.82, 2.24) is 0 Å². The third-order valence-electron chi connectivity index (χ3n) is 0.994. The number of carbonyl (C=O) groups excluding carboxylic acids is 1. The van der Waals surface area contributed by atoms with Gasteiger partial charge in [0, 0.05) is 18.2 Å². The largest absolute Gasteiger partial charge is 0.300 e. The number of hydrogen-bond donors (Lipinski definition) is 0. The molecule has 0 N–H and O–H groups in total. The van der Waals surface area contributed by atoms with Crippen LogP contribution in [0.5, 0.6) is 0 Å². The summed E-state index contributed by atoms with van der Waals surface area (Å²) in [5.41, 5.74) is 0. The van der Waals surface area contributed by atoms with Crippen LogP contribution in [0, 0.1) is 11.8 Å². The molecule has 0 fully saturated rings. The lowest BCUT2D eigenvalue weighted by molar-refractivity contribution is -0.116. The summed E-state index contributed by atoms with van der Waals surface area (Å²) >= 11 is 3.23. The van der Waals surface area contributed by atoms with Crippen molar-refractivity contribution in [2.45, 2.75) is 19.8 Å². The fraction of sp³-hybridized carbons (Fsp3) is 0.444. The lowest BCUT2D eigenvalue weighted by atomic mass is 10.2. The molecule has 0 aliphatic heterocycles. The van der Waals surface area contributed by atoms with Crippen LogP contribution in [-0.2, 0) is 4.79 Å². The minimum absolute atomic E-state index is 0.198. The molecule has 2 heteroatoms. The smallest absolute Gasteiger partial charge is 0.130 e. The number of Topliss-reactive ketones (excluding diaryl/α,β-unsaturated/α-hetero) is 1. The van der Waals surface area contributed by atoms with E-state index in [1.165, 1.54) is 0 Å². The Morgan fingerprint density at radius 2 is 2.36 bits per heavy atom. The van der Waals surface area contributed by atoms with Crippen molar-refractivity contribution in [2.75, 3.05) is 5.33 Å². The zero-order chi connectivity index (χ0) is 8.53. The quantitative estimate of drug-likeness (QED) is 0.521. The van der Waals surface area contributed by atoms with Gasteiger partial charge in [-0.2, -0.15) is 0 Å². The van der Waals surface area contributed by atoms with Crippen LogP contribution in [0.3, 0.4) is 0 Å². The molecule has 1 nitrogen and oxygen atoms in total. The molecule has 0 aromatic rings. The van der Waals surface area contributed by atoms with Crippen molar-refractivity contribution in [1.29, 1.82) is 0 Å². The third-order valence-corrected chi connectivity index (χ3v) is 1.37. The number of rotatable bonds is 3. The molecule has 0 heterocycles. The van der Waals surface area contributed by atoms with Gasteiger partial charge >= 0.3 is 0 Å². The first-order valence-electron chi connectivity index (χ1n) is 3.46. The first kappa shape index (κ1) is 10.4. The molecule has 0 aliphatic rings. The molecular weight excluding hydrogens is 204 g/mol. The van der Waals surface area contributed by atoms with Gasteiger partial charge in [0.2, 0.25) is 0 Å². The van der Waals surface area contributed by atoms with Crippen LogP contribution in [0.25, 0.3) is 0 Å². The maximum atomic E-state index is 10.4. The van der Waals surface area contributed by atoms with Crippen molar-refractivity contribution >= 4 is 21.7 Å². The highest BCUT2D eigenvalue weighted by atomic mass is 79.9. The van der Waals surface area contributed by atoms with Crippen molar-refractivity contribution in [2.24, 2.45) is 0 Å². The summed E-state index contributed by atoms with van der Waals surface area (Å²) < 4.78 is 0. The van der Waals surface area contributed by atoms with Gasteiger partial charge in [-0.3, -0.25) is 4.79 Å². The van der Waals surface area contributed by atoms with Gasteiger partial charge in [0.25, 0.3) is 0 Å². The molecule has 0 aromatic heterocycles. The number of alkyl halides is 1. The van der Waals surface area contributed by atoms with Gasteiger partial charge in [0.05, 0.1) is 0 Å². The molecule has 0 aliphatic carbocycles. The second-order valence-corrected chi connectivity index (χ2v) is 2.73. The Kier molecular flexibility index (Phi) is 7.18. The number of hydrogen-bond acceptors (Lipinski definition) is 1. The Balaban J connectivity index is 3.40. The monoisotopic (exact) mass is 214 g/mol. The molecule has 0 bridgehead atoms. The Morgan fingerprint density at radius 3 is 2.91 bits per heavy atom. The molecule has 0 spiro atoms. The lowest BCUT2D eigenvalue weighted by Crippen LogP contribution is -1.86. The van der Waals surface area contributed by atoms with Crippen LogP contribution in [-0.4, -0.2) is 11.1 Å². The number of ketones is 1. The summed E-state index contributed by atoms with van der Waals surface area (Å²) in [6, 6.07) is 0. The molecule has 0 saturated carbocycles. The summed E-state index contributed by atoms with van der Waals surface area (Å²) in [6.45, 7) is 1.58. The average molecular weight is 215 g/mol. The Labute approximate surface area is 76.0 Å². The molecule has 0 aromatic carbocycles. The number of carbonyl (C=O) groups is 1. The molecule has 0 unspecified atom stereocenters. The van der Waals surface area contributed by atoms with Crippen LogP contribution in [0.2, 0.25) is 0 Å². The Hall–Kier alpha value is -0.550. The fourth-order valence-corrected chi connectivity index (χ4v) is 0.660. The topological polar surface area (TPSA) is 17.1 Å². The van der Waals surface area contributed by atoms with E-state index >= 15 is 0 Å². The first-order valence-corrected chi connectivity index (χ1v) is 4.58. The summed E-state index contributed by atoms with van der Waals surface area (Å²) in [4.78, 5) is 10.4. The standard InChI is InChI=1S/C9H11BrO/c1-9(11)7-5-3-2-4-6-8-10/h4,6H,5,7-8H2,1H3. The molecule has 11 heavy (non-hydrogen) atoms. The van der Waals surface area contributed by atoms with Gasteiger partial charge in [-0.05, 0) is 13.0 Å². The Bertz CT molecular complexity index is 195.